The second-order valence-electron chi connectivity index (χ2n) is 7.05. The van der Waals surface area contributed by atoms with Crippen molar-refractivity contribution in [2.24, 2.45) is 11.8 Å². The van der Waals surface area contributed by atoms with E-state index in [9.17, 15) is 14.4 Å². The average molecular weight is 377 g/mol. The van der Waals surface area contributed by atoms with Crippen LogP contribution < -0.4 is 20.7 Å². The summed E-state index contributed by atoms with van der Waals surface area (Å²) in [6.45, 7) is 9.04. The summed E-state index contributed by atoms with van der Waals surface area (Å²) in [6.07, 6.45) is 0.916. The summed E-state index contributed by atoms with van der Waals surface area (Å²) in [6, 6.07) is 6.64. The van der Waals surface area contributed by atoms with Gasteiger partial charge in [-0.05, 0) is 30.5 Å². The molecule has 0 aliphatic rings. The molecule has 0 atom stereocenters. The van der Waals surface area contributed by atoms with E-state index >= 15 is 0 Å². The van der Waals surface area contributed by atoms with E-state index in [2.05, 4.69) is 29.8 Å². The van der Waals surface area contributed by atoms with Gasteiger partial charge in [0, 0.05) is 31.1 Å². The highest BCUT2D eigenvalue weighted by molar-refractivity contribution is 5.94. The fraction of sp³-hybridized carbons (Fsp3) is 0.550. The second-order valence-corrected chi connectivity index (χ2v) is 7.05. The number of benzene rings is 1. The third-order valence-electron chi connectivity index (χ3n) is 3.74. The van der Waals surface area contributed by atoms with Gasteiger partial charge in [0.05, 0.1) is 0 Å². The Bertz CT molecular complexity index is 629. The van der Waals surface area contributed by atoms with E-state index in [0.717, 1.165) is 6.42 Å². The highest BCUT2D eigenvalue weighted by Gasteiger charge is 2.09. The zero-order valence-corrected chi connectivity index (χ0v) is 16.6. The zero-order valence-electron chi connectivity index (χ0n) is 16.6. The molecule has 0 spiro atoms. The van der Waals surface area contributed by atoms with Crippen LogP contribution in [0, 0.1) is 11.8 Å². The van der Waals surface area contributed by atoms with E-state index in [-0.39, 0.29) is 30.2 Å². The normalized spacial score (nSPS) is 10.6. The molecular weight excluding hydrogens is 346 g/mol. The molecule has 150 valence electrons. The lowest BCUT2D eigenvalue weighted by Crippen LogP contribution is -2.36. The van der Waals surface area contributed by atoms with Crippen molar-refractivity contribution in [3.8, 4) is 5.75 Å². The Morgan fingerprint density at radius 2 is 1.67 bits per heavy atom. The molecule has 1 aromatic carbocycles. The minimum absolute atomic E-state index is 0.0497. The molecule has 0 aliphatic carbocycles. The molecular formula is C20H31N3O4. The van der Waals surface area contributed by atoms with Gasteiger partial charge in [0.1, 0.15) is 5.75 Å². The molecule has 27 heavy (non-hydrogen) atoms. The summed E-state index contributed by atoms with van der Waals surface area (Å²) in [4.78, 5) is 35.4. The summed E-state index contributed by atoms with van der Waals surface area (Å²) in [5.41, 5.74) is 0.433. The molecule has 0 aromatic heterocycles. The molecule has 0 saturated carbocycles. The van der Waals surface area contributed by atoms with Gasteiger partial charge in [0.15, 0.2) is 6.61 Å². The first-order valence-electron chi connectivity index (χ1n) is 9.35. The SMILES string of the molecule is CC(C)CCNC(=O)COc1cccc(C(=O)NCCNC(=O)C(C)C)c1. The van der Waals surface area contributed by atoms with Crippen LogP contribution in [0.1, 0.15) is 44.5 Å². The third kappa shape index (κ3) is 9.63. The topological polar surface area (TPSA) is 96.5 Å². The van der Waals surface area contributed by atoms with E-state index in [1.807, 2.05) is 13.8 Å². The van der Waals surface area contributed by atoms with Crippen molar-refractivity contribution in [3.05, 3.63) is 29.8 Å². The van der Waals surface area contributed by atoms with Crippen LogP contribution in [0.5, 0.6) is 5.75 Å². The molecule has 0 unspecified atom stereocenters. The van der Waals surface area contributed by atoms with Crippen molar-refractivity contribution >= 4 is 17.7 Å². The quantitative estimate of drug-likeness (QED) is 0.512. The van der Waals surface area contributed by atoms with Crippen LogP contribution in [-0.4, -0.2) is 44.0 Å². The van der Waals surface area contributed by atoms with Gasteiger partial charge < -0.3 is 20.7 Å². The lowest BCUT2D eigenvalue weighted by Gasteiger charge is -2.11. The van der Waals surface area contributed by atoms with Crippen molar-refractivity contribution < 1.29 is 19.1 Å². The van der Waals surface area contributed by atoms with E-state index in [1.54, 1.807) is 24.3 Å². The van der Waals surface area contributed by atoms with Crippen LogP contribution in [0.3, 0.4) is 0 Å². The predicted octanol–water partition coefficient (Wildman–Crippen LogP) is 1.73. The molecule has 7 nitrogen and oxygen atoms in total. The summed E-state index contributed by atoms with van der Waals surface area (Å²) in [5, 5.41) is 8.26. The van der Waals surface area contributed by atoms with Gasteiger partial charge in [-0.2, -0.15) is 0 Å². The van der Waals surface area contributed by atoms with Crippen LogP contribution in [0.25, 0.3) is 0 Å². The van der Waals surface area contributed by atoms with Crippen molar-refractivity contribution in [2.45, 2.75) is 34.1 Å². The number of nitrogens with one attached hydrogen (secondary N) is 3. The maximum atomic E-state index is 12.2. The van der Waals surface area contributed by atoms with Crippen LogP contribution >= 0.6 is 0 Å². The Balaban J connectivity index is 2.38. The lowest BCUT2D eigenvalue weighted by atomic mass is 10.1. The van der Waals surface area contributed by atoms with Gasteiger partial charge in [0.25, 0.3) is 11.8 Å². The largest absolute Gasteiger partial charge is 0.484 e. The number of carbonyl (C=O) groups is 3. The van der Waals surface area contributed by atoms with Gasteiger partial charge in [-0.25, -0.2) is 0 Å². The Hall–Kier alpha value is -2.57. The molecule has 1 aromatic rings. The zero-order chi connectivity index (χ0) is 20.2. The Morgan fingerprint density at radius 3 is 2.33 bits per heavy atom. The first kappa shape index (κ1) is 22.5. The number of amides is 3. The van der Waals surface area contributed by atoms with Crippen molar-refractivity contribution in [1.82, 2.24) is 16.0 Å². The molecule has 3 amide bonds. The molecule has 0 saturated heterocycles. The molecule has 0 bridgehead atoms. The standard InChI is InChI=1S/C20H31N3O4/c1-14(2)8-9-21-18(24)13-27-17-7-5-6-16(12-17)20(26)23-11-10-22-19(25)15(3)4/h5-7,12,14-15H,8-11,13H2,1-4H3,(H,21,24)(H,22,25)(H,23,26). The lowest BCUT2D eigenvalue weighted by molar-refractivity contribution is -0.124. The Labute approximate surface area is 161 Å². The van der Waals surface area contributed by atoms with Crippen molar-refractivity contribution in [3.63, 3.8) is 0 Å². The monoisotopic (exact) mass is 377 g/mol. The molecule has 3 N–H and O–H groups in total. The van der Waals surface area contributed by atoms with Crippen LogP contribution in [-0.2, 0) is 9.59 Å². The summed E-state index contributed by atoms with van der Waals surface area (Å²) in [5.74, 6) is 0.394. The van der Waals surface area contributed by atoms with Gasteiger partial charge in [-0.1, -0.05) is 33.8 Å². The smallest absolute Gasteiger partial charge is 0.257 e. The predicted molar refractivity (Wildman–Crippen MR) is 105 cm³/mol. The fourth-order valence-electron chi connectivity index (χ4n) is 2.10. The Kier molecular flexibility index (Phi) is 9.93. The van der Waals surface area contributed by atoms with Crippen LogP contribution in [0.2, 0.25) is 0 Å². The van der Waals surface area contributed by atoms with E-state index in [1.165, 1.54) is 0 Å². The molecule has 0 heterocycles. The number of hydrogen-bond donors (Lipinski definition) is 3. The summed E-state index contributed by atoms with van der Waals surface area (Å²) >= 11 is 0. The minimum atomic E-state index is -0.263. The molecule has 7 heteroatoms. The summed E-state index contributed by atoms with van der Waals surface area (Å²) < 4.78 is 5.45. The van der Waals surface area contributed by atoms with Crippen molar-refractivity contribution in [1.29, 1.82) is 0 Å². The number of rotatable bonds is 11. The van der Waals surface area contributed by atoms with E-state index in [4.69, 9.17) is 4.74 Å². The first-order chi connectivity index (χ1) is 12.8. The fourth-order valence-corrected chi connectivity index (χ4v) is 2.10. The molecule has 0 radical (unpaired) electrons. The maximum absolute atomic E-state index is 12.2. The highest BCUT2D eigenvalue weighted by atomic mass is 16.5. The number of ether oxygens (including phenoxy) is 1. The van der Waals surface area contributed by atoms with Gasteiger partial charge in [-0.3, -0.25) is 14.4 Å². The van der Waals surface area contributed by atoms with E-state index in [0.29, 0.717) is 36.9 Å². The first-order valence-corrected chi connectivity index (χ1v) is 9.35. The highest BCUT2D eigenvalue weighted by Crippen LogP contribution is 2.13. The van der Waals surface area contributed by atoms with Crippen molar-refractivity contribution in [2.75, 3.05) is 26.2 Å². The van der Waals surface area contributed by atoms with Gasteiger partial charge >= 0.3 is 0 Å². The second kappa shape index (κ2) is 11.9. The third-order valence-corrected chi connectivity index (χ3v) is 3.74. The van der Waals surface area contributed by atoms with Gasteiger partial charge in [0.2, 0.25) is 5.91 Å². The van der Waals surface area contributed by atoms with Crippen LogP contribution in [0.15, 0.2) is 24.3 Å². The number of carbonyl (C=O) groups excluding carboxylic acids is 3. The minimum Gasteiger partial charge on any atom is -0.484 e. The average Bonchev–Trinajstić information content (AvgIpc) is 2.63. The van der Waals surface area contributed by atoms with E-state index < -0.39 is 0 Å². The molecule has 1 rings (SSSR count). The maximum Gasteiger partial charge on any atom is 0.257 e. The number of hydrogen-bond acceptors (Lipinski definition) is 4. The van der Waals surface area contributed by atoms with Crippen LogP contribution in [0.4, 0.5) is 0 Å². The van der Waals surface area contributed by atoms with Gasteiger partial charge in [-0.15, -0.1) is 0 Å². The molecule has 0 aliphatic heterocycles. The summed E-state index contributed by atoms with van der Waals surface area (Å²) in [7, 11) is 0. The Morgan fingerprint density at radius 1 is 0.963 bits per heavy atom. The molecule has 0 fully saturated rings.